The van der Waals surface area contributed by atoms with Crippen molar-refractivity contribution in [1.82, 2.24) is 24.9 Å². The lowest BCUT2D eigenvalue weighted by Gasteiger charge is -2.31. The maximum atomic E-state index is 13.4. The van der Waals surface area contributed by atoms with Crippen molar-refractivity contribution in [3.63, 3.8) is 0 Å². The highest BCUT2D eigenvalue weighted by atomic mass is 16.5. The van der Waals surface area contributed by atoms with Gasteiger partial charge in [0.25, 0.3) is 5.91 Å². The van der Waals surface area contributed by atoms with Crippen LogP contribution in [0.5, 0.6) is 5.75 Å². The van der Waals surface area contributed by atoms with E-state index in [4.69, 9.17) is 4.74 Å². The molecule has 206 valence electrons. The van der Waals surface area contributed by atoms with Gasteiger partial charge in [0.15, 0.2) is 0 Å². The topological polar surface area (TPSA) is 120 Å². The van der Waals surface area contributed by atoms with Gasteiger partial charge in [-0.1, -0.05) is 0 Å². The van der Waals surface area contributed by atoms with Crippen LogP contribution in [0.15, 0.2) is 24.3 Å². The number of hydrogen-bond donors (Lipinski definition) is 1. The van der Waals surface area contributed by atoms with Gasteiger partial charge in [0.2, 0.25) is 23.6 Å². The molecule has 4 aliphatic rings. The van der Waals surface area contributed by atoms with Crippen LogP contribution >= 0.6 is 0 Å². The number of nitrogens with zero attached hydrogens (tertiary/aromatic N) is 4. The zero-order valence-corrected chi connectivity index (χ0v) is 22.4. The maximum Gasteiger partial charge on any atom is 0.254 e. The average molecular weight is 528 g/mol. The van der Waals surface area contributed by atoms with Gasteiger partial charge in [-0.2, -0.15) is 0 Å². The number of benzene rings is 1. The molecule has 4 aliphatic heterocycles. The smallest absolute Gasteiger partial charge is 0.254 e. The van der Waals surface area contributed by atoms with E-state index in [2.05, 4.69) is 5.32 Å². The predicted octanol–water partition coefficient (Wildman–Crippen LogP) is 0.486. The van der Waals surface area contributed by atoms with Crippen molar-refractivity contribution in [1.29, 1.82) is 0 Å². The summed E-state index contributed by atoms with van der Waals surface area (Å²) in [5.74, 6) is -0.618. The SMILES string of the molecule is CC(=O)N[C@@H]1C[C@H]2COc3ccc(cc3)C(=O)N(C)[C@H](C(=O)N3CCCC3)CCC(=O)N(C)CC(=O)N2C1. The molecule has 0 aromatic heterocycles. The molecule has 5 amide bonds. The number of nitrogens with one attached hydrogen (secondary N) is 1. The third kappa shape index (κ3) is 6.25. The summed E-state index contributed by atoms with van der Waals surface area (Å²) in [6.45, 7) is 3.13. The highest BCUT2D eigenvalue weighted by molar-refractivity contribution is 5.97. The summed E-state index contributed by atoms with van der Waals surface area (Å²) >= 11 is 0. The molecule has 1 N–H and O–H groups in total. The zero-order valence-electron chi connectivity index (χ0n) is 22.4. The van der Waals surface area contributed by atoms with E-state index in [0.29, 0.717) is 37.4 Å². The zero-order chi connectivity index (χ0) is 27.4. The molecule has 0 aliphatic carbocycles. The molecule has 2 saturated heterocycles. The quantitative estimate of drug-likeness (QED) is 0.598. The average Bonchev–Trinajstić information content (AvgIpc) is 3.56. The van der Waals surface area contributed by atoms with Crippen molar-refractivity contribution in [2.45, 2.75) is 57.2 Å². The molecule has 11 heteroatoms. The Morgan fingerprint density at radius 1 is 1.00 bits per heavy atom. The number of carbonyl (C=O) groups excluding carboxylic acids is 5. The van der Waals surface area contributed by atoms with Gasteiger partial charge in [-0.25, -0.2) is 0 Å². The molecule has 38 heavy (non-hydrogen) atoms. The first-order valence-corrected chi connectivity index (χ1v) is 13.2. The van der Waals surface area contributed by atoms with E-state index in [1.807, 2.05) is 0 Å². The van der Waals surface area contributed by atoms with Crippen LogP contribution in [0, 0.1) is 0 Å². The number of likely N-dealkylation sites (tertiary alicyclic amines) is 1. The lowest BCUT2D eigenvalue weighted by atomic mass is 10.1. The van der Waals surface area contributed by atoms with E-state index in [0.717, 1.165) is 12.8 Å². The Morgan fingerprint density at radius 2 is 1.68 bits per heavy atom. The van der Waals surface area contributed by atoms with Crippen molar-refractivity contribution in [2.24, 2.45) is 0 Å². The monoisotopic (exact) mass is 527 g/mol. The Hall–Kier alpha value is -3.63. The van der Waals surface area contributed by atoms with Crippen molar-refractivity contribution in [2.75, 3.05) is 46.9 Å². The Morgan fingerprint density at radius 3 is 2.34 bits per heavy atom. The Labute approximate surface area is 223 Å². The number of likely N-dealkylation sites (N-methyl/N-ethyl adjacent to an activating group) is 2. The Kier molecular flexibility index (Phi) is 8.53. The minimum absolute atomic E-state index is 0.0195. The van der Waals surface area contributed by atoms with Crippen molar-refractivity contribution >= 4 is 29.5 Å². The van der Waals surface area contributed by atoms with Crippen molar-refractivity contribution in [3.8, 4) is 5.75 Å². The van der Waals surface area contributed by atoms with Crippen LogP contribution in [0.3, 0.4) is 0 Å². The fraction of sp³-hybridized carbons (Fsp3) is 0.593. The predicted molar refractivity (Wildman–Crippen MR) is 138 cm³/mol. The van der Waals surface area contributed by atoms with Crippen molar-refractivity contribution in [3.05, 3.63) is 29.8 Å². The van der Waals surface area contributed by atoms with Gasteiger partial charge in [0.05, 0.1) is 12.6 Å². The molecule has 0 radical (unpaired) electrons. The van der Waals surface area contributed by atoms with Gasteiger partial charge in [-0.05, 0) is 49.9 Å². The second kappa shape index (κ2) is 11.8. The largest absolute Gasteiger partial charge is 0.491 e. The van der Waals surface area contributed by atoms with Gasteiger partial charge in [0.1, 0.15) is 18.4 Å². The summed E-state index contributed by atoms with van der Waals surface area (Å²) in [5.41, 5.74) is 0.412. The molecule has 0 saturated carbocycles. The molecule has 11 nitrogen and oxygen atoms in total. The highest BCUT2D eigenvalue weighted by Gasteiger charge is 2.37. The molecule has 1 aromatic carbocycles. The van der Waals surface area contributed by atoms with Crippen LogP contribution in [0.2, 0.25) is 0 Å². The molecule has 3 atom stereocenters. The minimum Gasteiger partial charge on any atom is -0.491 e. The van der Waals surface area contributed by atoms with Crippen LogP contribution in [0.25, 0.3) is 0 Å². The van der Waals surface area contributed by atoms with Gasteiger partial charge in [-0.15, -0.1) is 0 Å². The van der Waals surface area contributed by atoms with Gasteiger partial charge in [-0.3, -0.25) is 24.0 Å². The molecule has 5 rings (SSSR count). The van der Waals surface area contributed by atoms with E-state index < -0.39 is 6.04 Å². The Bertz CT molecular complexity index is 1070. The molecular formula is C27H37N5O6. The second-order valence-corrected chi connectivity index (χ2v) is 10.4. The molecule has 0 spiro atoms. The second-order valence-electron chi connectivity index (χ2n) is 10.4. The molecule has 4 heterocycles. The van der Waals surface area contributed by atoms with Crippen LogP contribution in [0.4, 0.5) is 0 Å². The maximum absolute atomic E-state index is 13.4. The number of fused-ring (bicyclic) bond motifs is 11. The Balaban J connectivity index is 1.59. The summed E-state index contributed by atoms with van der Waals surface area (Å²) in [5, 5.41) is 2.87. The lowest BCUT2D eigenvalue weighted by molar-refractivity contribution is -0.141. The number of amides is 5. The number of ether oxygens (including phenoxy) is 1. The van der Waals surface area contributed by atoms with Gasteiger partial charge < -0.3 is 29.7 Å². The van der Waals surface area contributed by atoms with Gasteiger partial charge in [0, 0.05) is 58.7 Å². The van der Waals surface area contributed by atoms with Crippen LogP contribution < -0.4 is 10.1 Å². The summed E-state index contributed by atoms with van der Waals surface area (Å²) < 4.78 is 5.96. The number of rotatable bonds is 2. The van der Waals surface area contributed by atoms with Crippen LogP contribution in [-0.2, 0) is 19.2 Å². The summed E-state index contributed by atoms with van der Waals surface area (Å²) in [4.78, 5) is 70.8. The first-order valence-electron chi connectivity index (χ1n) is 13.2. The third-order valence-electron chi connectivity index (χ3n) is 7.61. The summed E-state index contributed by atoms with van der Waals surface area (Å²) in [6.07, 6.45) is 2.55. The van der Waals surface area contributed by atoms with Crippen LogP contribution in [-0.4, -0.2) is 114 Å². The molecule has 2 bridgehead atoms. The molecule has 2 fully saturated rings. The van der Waals surface area contributed by atoms with Gasteiger partial charge >= 0.3 is 0 Å². The standard InChI is InChI=1S/C27H37N5O6/c1-18(33)28-20-14-21-17-38-22-8-6-19(7-9-22)26(36)30(3)23(27(37)31-12-4-5-13-31)10-11-24(34)29(2)16-25(35)32(21)15-20/h6-9,20-21,23H,4-5,10-17H2,1-3H3,(H,28,33)/t20-,21+,23+/m1/s1. The van der Waals surface area contributed by atoms with E-state index in [1.165, 1.54) is 16.7 Å². The van der Waals surface area contributed by atoms with E-state index in [-0.39, 0.29) is 67.6 Å². The highest BCUT2D eigenvalue weighted by Crippen LogP contribution is 2.23. The normalized spacial score (nSPS) is 25.3. The van der Waals surface area contributed by atoms with Crippen molar-refractivity contribution < 1.29 is 28.7 Å². The first-order chi connectivity index (χ1) is 18.1. The lowest BCUT2D eigenvalue weighted by Crippen LogP contribution is -2.49. The van der Waals surface area contributed by atoms with E-state index in [1.54, 1.807) is 48.2 Å². The summed E-state index contributed by atoms with van der Waals surface area (Å²) in [7, 11) is 3.16. The fourth-order valence-corrected chi connectivity index (χ4v) is 5.47. The first kappa shape index (κ1) is 27.4. The van der Waals surface area contributed by atoms with E-state index >= 15 is 0 Å². The number of hydrogen-bond acceptors (Lipinski definition) is 6. The third-order valence-corrected chi connectivity index (χ3v) is 7.61. The number of carbonyl (C=O) groups is 5. The minimum atomic E-state index is -0.790. The fourth-order valence-electron chi connectivity index (χ4n) is 5.47. The van der Waals surface area contributed by atoms with E-state index in [9.17, 15) is 24.0 Å². The molecular weight excluding hydrogens is 490 g/mol. The van der Waals surface area contributed by atoms with Crippen LogP contribution in [0.1, 0.15) is 49.4 Å². The molecule has 0 unspecified atom stereocenters. The molecule has 1 aromatic rings. The summed E-state index contributed by atoms with van der Waals surface area (Å²) in [6, 6.07) is 5.42.